The molecular formula is C19H30N4O3S. The van der Waals surface area contributed by atoms with Crippen LogP contribution < -0.4 is 0 Å². The molecule has 1 spiro atoms. The molecule has 3 fully saturated rings. The number of fused-ring (bicyclic) bond motifs is 2. The minimum absolute atomic E-state index is 0.0895. The van der Waals surface area contributed by atoms with Crippen molar-refractivity contribution in [2.75, 3.05) is 38.2 Å². The van der Waals surface area contributed by atoms with Crippen LogP contribution in [-0.2, 0) is 21.1 Å². The SMILES string of the molecule is Cc1nccc(CN2CCOC3(C[C@H]4CC[C@@H](C3)N4CCS(C)(=O)=O)C2)n1. The predicted octanol–water partition coefficient (Wildman–Crippen LogP) is 1.03. The molecule has 3 aliphatic heterocycles. The highest BCUT2D eigenvalue weighted by Gasteiger charge is 2.50. The second-order valence-electron chi connectivity index (χ2n) is 8.50. The number of morpholine rings is 1. The quantitative estimate of drug-likeness (QED) is 0.738. The van der Waals surface area contributed by atoms with Gasteiger partial charge < -0.3 is 4.74 Å². The Labute approximate surface area is 162 Å². The Bertz CT molecular complexity index is 771. The first-order chi connectivity index (χ1) is 12.8. The molecule has 0 amide bonds. The zero-order valence-electron chi connectivity index (χ0n) is 16.3. The third kappa shape index (κ3) is 4.50. The van der Waals surface area contributed by atoms with E-state index in [-0.39, 0.29) is 11.4 Å². The molecule has 0 aliphatic carbocycles. The number of nitrogens with zero attached hydrogens (tertiary/aromatic N) is 4. The zero-order valence-corrected chi connectivity index (χ0v) is 17.1. The van der Waals surface area contributed by atoms with Gasteiger partial charge in [0.15, 0.2) is 0 Å². The third-order valence-corrected chi connectivity index (χ3v) is 7.18. The molecule has 4 rings (SSSR count). The highest BCUT2D eigenvalue weighted by molar-refractivity contribution is 7.90. The van der Waals surface area contributed by atoms with Gasteiger partial charge in [0.2, 0.25) is 0 Å². The molecule has 1 aromatic heterocycles. The van der Waals surface area contributed by atoms with Crippen molar-refractivity contribution in [3.8, 4) is 0 Å². The van der Waals surface area contributed by atoms with E-state index in [1.165, 1.54) is 6.26 Å². The van der Waals surface area contributed by atoms with Gasteiger partial charge in [0.1, 0.15) is 15.7 Å². The standard InChI is InChI=1S/C19H30N4O3S/c1-15-20-6-5-16(21-15)13-22-7-9-26-19(14-22)11-17-3-4-18(12-19)23(17)8-10-27(2,24)25/h5-6,17-18H,3-4,7-14H2,1-2H3/t17-,18+,19?. The van der Waals surface area contributed by atoms with E-state index >= 15 is 0 Å². The maximum Gasteiger partial charge on any atom is 0.148 e. The minimum atomic E-state index is -2.92. The molecule has 150 valence electrons. The van der Waals surface area contributed by atoms with Crippen LogP contribution in [0.3, 0.4) is 0 Å². The summed E-state index contributed by atoms with van der Waals surface area (Å²) in [6.45, 7) is 6.04. The summed E-state index contributed by atoms with van der Waals surface area (Å²) < 4.78 is 29.5. The van der Waals surface area contributed by atoms with Crippen molar-refractivity contribution in [2.45, 2.75) is 56.8 Å². The van der Waals surface area contributed by atoms with Gasteiger partial charge in [-0.3, -0.25) is 9.80 Å². The Hall–Kier alpha value is -1.09. The molecule has 1 aromatic rings. The molecule has 0 saturated carbocycles. The predicted molar refractivity (Wildman–Crippen MR) is 103 cm³/mol. The smallest absolute Gasteiger partial charge is 0.148 e. The van der Waals surface area contributed by atoms with Crippen LogP contribution in [-0.4, -0.2) is 84.1 Å². The largest absolute Gasteiger partial charge is 0.372 e. The first kappa shape index (κ1) is 19.2. The highest BCUT2D eigenvalue weighted by Crippen LogP contribution is 2.44. The highest BCUT2D eigenvalue weighted by atomic mass is 32.2. The Morgan fingerprint density at radius 1 is 1.30 bits per heavy atom. The molecule has 7 nitrogen and oxygen atoms in total. The van der Waals surface area contributed by atoms with Gasteiger partial charge in [0.05, 0.1) is 23.7 Å². The number of hydrogen-bond donors (Lipinski definition) is 0. The van der Waals surface area contributed by atoms with Crippen molar-refractivity contribution in [3.05, 3.63) is 23.8 Å². The van der Waals surface area contributed by atoms with E-state index < -0.39 is 9.84 Å². The van der Waals surface area contributed by atoms with Crippen LogP contribution in [0.4, 0.5) is 0 Å². The van der Waals surface area contributed by atoms with Gasteiger partial charge in [0, 0.05) is 50.7 Å². The monoisotopic (exact) mass is 394 g/mol. The van der Waals surface area contributed by atoms with E-state index in [9.17, 15) is 8.42 Å². The van der Waals surface area contributed by atoms with E-state index in [2.05, 4.69) is 19.8 Å². The number of aryl methyl sites for hydroxylation is 1. The molecular weight excluding hydrogens is 364 g/mol. The second kappa shape index (κ2) is 7.39. The maximum absolute atomic E-state index is 11.6. The summed E-state index contributed by atoms with van der Waals surface area (Å²) >= 11 is 0. The summed E-state index contributed by atoms with van der Waals surface area (Å²) in [5, 5.41) is 0. The van der Waals surface area contributed by atoms with Crippen molar-refractivity contribution in [1.29, 1.82) is 0 Å². The molecule has 1 unspecified atom stereocenters. The van der Waals surface area contributed by atoms with Crippen LogP contribution in [0.25, 0.3) is 0 Å². The van der Waals surface area contributed by atoms with Gasteiger partial charge >= 0.3 is 0 Å². The van der Waals surface area contributed by atoms with E-state index in [4.69, 9.17) is 4.74 Å². The molecule has 3 saturated heterocycles. The summed E-state index contributed by atoms with van der Waals surface area (Å²) in [5.41, 5.74) is 0.974. The van der Waals surface area contributed by atoms with Crippen LogP contribution in [0, 0.1) is 6.92 Å². The van der Waals surface area contributed by atoms with Crippen LogP contribution >= 0.6 is 0 Å². The van der Waals surface area contributed by atoms with Crippen LogP contribution in [0.2, 0.25) is 0 Å². The Morgan fingerprint density at radius 3 is 2.70 bits per heavy atom. The van der Waals surface area contributed by atoms with Crippen molar-refractivity contribution in [2.24, 2.45) is 0 Å². The van der Waals surface area contributed by atoms with Crippen molar-refractivity contribution in [1.82, 2.24) is 19.8 Å². The van der Waals surface area contributed by atoms with Gasteiger partial charge in [-0.15, -0.1) is 0 Å². The maximum atomic E-state index is 11.6. The lowest BCUT2D eigenvalue weighted by molar-refractivity contribution is -0.151. The third-order valence-electron chi connectivity index (χ3n) is 6.25. The fourth-order valence-electron chi connectivity index (χ4n) is 5.16. The summed E-state index contributed by atoms with van der Waals surface area (Å²) in [7, 11) is -2.92. The van der Waals surface area contributed by atoms with Gasteiger partial charge in [0.25, 0.3) is 0 Å². The Kier molecular flexibility index (Phi) is 5.26. The summed E-state index contributed by atoms with van der Waals surface area (Å²) in [6.07, 6.45) is 7.49. The summed E-state index contributed by atoms with van der Waals surface area (Å²) in [4.78, 5) is 13.6. The second-order valence-corrected chi connectivity index (χ2v) is 10.8. The molecule has 2 bridgehead atoms. The average molecular weight is 395 g/mol. The number of piperidine rings is 1. The number of ether oxygens (including phenoxy) is 1. The van der Waals surface area contributed by atoms with Crippen molar-refractivity contribution >= 4 is 9.84 Å². The molecule has 3 aliphatic rings. The molecule has 4 heterocycles. The fourth-order valence-corrected chi connectivity index (χ4v) is 5.70. The van der Waals surface area contributed by atoms with Crippen LogP contribution in [0.15, 0.2) is 12.3 Å². The topological polar surface area (TPSA) is 75.6 Å². The normalized spacial score (nSPS) is 32.2. The average Bonchev–Trinajstić information content (AvgIpc) is 2.83. The van der Waals surface area contributed by atoms with Gasteiger partial charge in [-0.2, -0.15) is 0 Å². The van der Waals surface area contributed by atoms with E-state index in [0.717, 1.165) is 63.4 Å². The first-order valence-electron chi connectivity index (χ1n) is 9.90. The van der Waals surface area contributed by atoms with Crippen LogP contribution in [0.1, 0.15) is 37.2 Å². The molecule has 8 heteroatoms. The molecule has 27 heavy (non-hydrogen) atoms. The lowest BCUT2D eigenvalue weighted by Gasteiger charge is -2.50. The van der Waals surface area contributed by atoms with Crippen molar-refractivity contribution in [3.63, 3.8) is 0 Å². The Morgan fingerprint density at radius 2 is 2.04 bits per heavy atom. The van der Waals surface area contributed by atoms with E-state index in [1.54, 1.807) is 0 Å². The number of sulfone groups is 1. The lowest BCUT2D eigenvalue weighted by Crippen LogP contribution is -2.60. The molecule has 0 N–H and O–H groups in total. The van der Waals surface area contributed by atoms with E-state index in [0.29, 0.717) is 18.6 Å². The Balaban J connectivity index is 1.41. The number of rotatable bonds is 5. The fraction of sp³-hybridized carbons (Fsp3) is 0.789. The lowest BCUT2D eigenvalue weighted by atomic mass is 9.84. The number of aromatic nitrogens is 2. The van der Waals surface area contributed by atoms with Gasteiger partial charge in [-0.05, 0) is 38.7 Å². The van der Waals surface area contributed by atoms with Crippen molar-refractivity contribution < 1.29 is 13.2 Å². The molecule has 0 radical (unpaired) electrons. The van der Waals surface area contributed by atoms with E-state index in [1.807, 2.05) is 19.2 Å². The molecule has 0 aromatic carbocycles. The van der Waals surface area contributed by atoms with Gasteiger partial charge in [-0.25, -0.2) is 18.4 Å². The van der Waals surface area contributed by atoms with Gasteiger partial charge in [-0.1, -0.05) is 0 Å². The summed E-state index contributed by atoms with van der Waals surface area (Å²) in [6, 6.07) is 2.89. The zero-order chi connectivity index (χ0) is 19.1. The number of hydrogen-bond acceptors (Lipinski definition) is 7. The van der Waals surface area contributed by atoms with Crippen LogP contribution in [0.5, 0.6) is 0 Å². The minimum Gasteiger partial charge on any atom is -0.372 e. The summed E-state index contributed by atoms with van der Waals surface area (Å²) in [5.74, 6) is 1.07. The molecule has 3 atom stereocenters. The first-order valence-corrected chi connectivity index (χ1v) is 12.0.